The molecule has 0 fully saturated rings. The van der Waals surface area contributed by atoms with E-state index in [9.17, 15) is 46.7 Å². The van der Waals surface area contributed by atoms with Gasteiger partial charge in [-0.2, -0.15) is 8.61 Å². The van der Waals surface area contributed by atoms with Gasteiger partial charge in [0.1, 0.15) is 0 Å². The third-order valence-corrected chi connectivity index (χ3v) is 21.9. The van der Waals surface area contributed by atoms with E-state index in [-0.39, 0.29) is 49.2 Å². The molecule has 0 aliphatic carbocycles. The van der Waals surface area contributed by atoms with Crippen LogP contribution in [0.1, 0.15) is 123 Å². The van der Waals surface area contributed by atoms with Gasteiger partial charge in [-0.05, 0) is 164 Å². The molecule has 6 rings (SSSR count). The Balaban J connectivity index is 0.000000287. The summed E-state index contributed by atoms with van der Waals surface area (Å²) in [6.07, 6.45) is -1.02. The SMILES string of the molecule is CCOC(=O)[C@@H](OC(C)(C)C)c1c(C)c2c(c(C)c1[Si](C)(C)C)CCN(S(=O)(=O)c1ccccc1[N+](=O)[O-])C2.CCOC(=O)[C@@H](OC(C)(C)C)c1c(C)c2c(c(C)c1[Si](C)(C)C)CN(S(=O)(=O)c1ccccc1[N+](=O)[O-])CC2. The fraction of sp³-hybridized carbons (Fsp3) is 0.536. The Labute approximate surface area is 463 Å². The first kappa shape index (κ1) is 63.6. The molecule has 4 aromatic rings. The van der Waals surface area contributed by atoms with Crippen molar-refractivity contribution in [3.63, 3.8) is 0 Å². The number of esters is 2. The summed E-state index contributed by atoms with van der Waals surface area (Å²) in [4.78, 5) is 47.8. The van der Waals surface area contributed by atoms with E-state index >= 15 is 0 Å². The lowest BCUT2D eigenvalue weighted by molar-refractivity contribution is -0.388. The number of nitro groups is 2. The summed E-state index contributed by atoms with van der Waals surface area (Å²) in [6, 6.07) is 10.8. The van der Waals surface area contributed by atoms with Gasteiger partial charge in [0.05, 0.1) is 50.4 Å². The van der Waals surface area contributed by atoms with Gasteiger partial charge in [0.2, 0.25) is 20.0 Å². The van der Waals surface area contributed by atoms with Crippen molar-refractivity contribution in [2.45, 2.75) is 181 Å². The quantitative estimate of drug-likeness (QED) is 0.0440. The van der Waals surface area contributed by atoms with Crippen LogP contribution in [0.4, 0.5) is 11.4 Å². The van der Waals surface area contributed by atoms with Gasteiger partial charge in [-0.3, -0.25) is 20.2 Å². The van der Waals surface area contributed by atoms with Crippen molar-refractivity contribution in [2.75, 3.05) is 26.3 Å². The second kappa shape index (κ2) is 23.9. The van der Waals surface area contributed by atoms with Crippen LogP contribution in [0.25, 0.3) is 0 Å². The Hall–Kier alpha value is -5.21. The molecule has 0 N–H and O–H groups in total. The summed E-state index contributed by atoms with van der Waals surface area (Å²) in [5.74, 6) is -0.916. The Morgan fingerprint density at radius 3 is 1.19 bits per heavy atom. The minimum absolute atomic E-state index is 0.0421. The third-order valence-electron chi connectivity index (χ3n) is 13.9. The monoisotopic (exact) mass is 1150 g/mol. The van der Waals surface area contributed by atoms with Crippen LogP contribution in [0.3, 0.4) is 0 Å². The number of sulfonamides is 2. The smallest absolute Gasteiger partial charge is 0.339 e. The van der Waals surface area contributed by atoms with Crippen LogP contribution in [0, 0.1) is 47.9 Å². The van der Waals surface area contributed by atoms with Crippen molar-refractivity contribution in [2.24, 2.45) is 0 Å². The molecular formula is C56H80N4O14S2Si2. The molecule has 0 unspecified atom stereocenters. The van der Waals surface area contributed by atoms with E-state index < -0.39 is 92.8 Å². The fourth-order valence-electron chi connectivity index (χ4n) is 10.9. The number of nitro benzene ring substituents is 2. The predicted octanol–water partition coefficient (Wildman–Crippen LogP) is 9.85. The minimum Gasteiger partial charge on any atom is -0.464 e. The molecule has 2 heterocycles. The highest BCUT2D eigenvalue weighted by Crippen LogP contribution is 2.40. The zero-order valence-corrected chi connectivity index (χ0v) is 52.4. The lowest BCUT2D eigenvalue weighted by Crippen LogP contribution is -2.47. The summed E-state index contributed by atoms with van der Waals surface area (Å²) in [5.41, 5.74) is 6.91. The van der Waals surface area contributed by atoms with Gasteiger partial charge in [0.25, 0.3) is 11.4 Å². The van der Waals surface area contributed by atoms with Gasteiger partial charge in [0, 0.05) is 38.3 Å². The number of nitrogens with zero attached hydrogens (tertiary/aromatic N) is 4. The van der Waals surface area contributed by atoms with Crippen molar-refractivity contribution in [1.82, 2.24) is 8.61 Å². The molecule has 0 radical (unpaired) electrons. The van der Waals surface area contributed by atoms with E-state index in [4.69, 9.17) is 18.9 Å². The minimum atomic E-state index is -4.16. The molecule has 78 heavy (non-hydrogen) atoms. The number of carbonyl (C=O) groups is 2. The van der Waals surface area contributed by atoms with Crippen LogP contribution in [0.5, 0.6) is 0 Å². The molecular weight excluding hydrogens is 1070 g/mol. The van der Waals surface area contributed by atoms with Gasteiger partial charge >= 0.3 is 11.9 Å². The van der Waals surface area contributed by atoms with Gasteiger partial charge in [-0.1, -0.05) is 73.9 Å². The van der Waals surface area contributed by atoms with Crippen molar-refractivity contribution in [3.05, 3.63) is 124 Å². The second-order valence-corrected chi connectivity index (χ2v) is 37.7. The van der Waals surface area contributed by atoms with E-state index in [0.717, 1.165) is 66.0 Å². The second-order valence-electron chi connectivity index (χ2n) is 23.8. The molecule has 4 aromatic carbocycles. The summed E-state index contributed by atoms with van der Waals surface area (Å²) < 4.78 is 80.9. The molecule has 0 saturated carbocycles. The lowest BCUT2D eigenvalue weighted by atomic mass is 9.86. The highest BCUT2D eigenvalue weighted by Gasteiger charge is 2.43. The number of rotatable bonds is 16. The molecule has 0 aromatic heterocycles. The maximum Gasteiger partial charge on any atom is 0.339 e. The van der Waals surface area contributed by atoms with Crippen LogP contribution in [-0.2, 0) is 74.5 Å². The average Bonchev–Trinajstić information content (AvgIpc) is 3.35. The number of benzene rings is 4. The number of para-hydroxylation sites is 2. The topological polar surface area (TPSA) is 232 Å². The number of fused-ring (bicyclic) bond motifs is 2. The van der Waals surface area contributed by atoms with Crippen LogP contribution >= 0.6 is 0 Å². The molecule has 18 nitrogen and oxygen atoms in total. The zero-order valence-electron chi connectivity index (χ0n) is 48.8. The summed E-state index contributed by atoms with van der Waals surface area (Å²) in [7, 11) is -12.4. The molecule has 0 amide bonds. The number of carbonyl (C=O) groups excluding carboxylic acids is 2. The van der Waals surface area contributed by atoms with Crippen LogP contribution in [-0.4, -0.2) is 101 Å². The van der Waals surface area contributed by atoms with Crippen molar-refractivity contribution >= 4 is 69.9 Å². The molecule has 2 atom stereocenters. The third kappa shape index (κ3) is 13.7. The first-order chi connectivity index (χ1) is 35.8. The van der Waals surface area contributed by atoms with Crippen LogP contribution < -0.4 is 10.4 Å². The Kier molecular flexibility index (Phi) is 19.5. The van der Waals surface area contributed by atoms with Crippen LogP contribution in [0.15, 0.2) is 58.3 Å². The summed E-state index contributed by atoms with van der Waals surface area (Å²) in [5, 5.41) is 25.4. The van der Waals surface area contributed by atoms with E-state index in [0.29, 0.717) is 12.8 Å². The van der Waals surface area contributed by atoms with Gasteiger partial charge < -0.3 is 18.9 Å². The molecule has 2 aliphatic heterocycles. The van der Waals surface area contributed by atoms with Crippen molar-refractivity contribution in [3.8, 4) is 0 Å². The maximum absolute atomic E-state index is 13.7. The molecule has 2 aliphatic rings. The van der Waals surface area contributed by atoms with E-state index in [2.05, 4.69) is 39.3 Å². The van der Waals surface area contributed by atoms with Crippen LogP contribution in [0.2, 0.25) is 39.3 Å². The van der Waals surface area contributed by atoms with Gasteiger partial charge in [-0.15, -0.1) is 0 Å². The molecule has 22 heteroatoms. The molecule has 0 spiro atoms. The maximum atomic E-state index is 13.7. The highest BCUT2D eigenvalue weighted by molar-refractivity contribution is 7.89. The average molecular weight is 1150 g/mol. The Morgan fingerprint density at radius 2 is 0.872 bits per heavy atom. The molecule has 428 valence electrons. The number of hydrogen-bond acceptors (Lipinski definition) is 14. The zero-order chi connectivity index (χ0) is 59.0. The number of hydrogen-bond donors (Lipinski definition) is 0. The van der Waals surface area contributed by atoms with E-state index in [1.807, 2.05) is 69.2 Å². The normalized spacial score (nSPS) is 15.5. The van der Waals surface area contributed by atoms with Gasteiger partial charge in [-0.25, -0.2) is 26.4 Å². The number of ether oxygens (including phenoxy) is 4. The lowest BCUT2D eigenvalue weighted by Gasteiger charge is -2.37. The highest BCUT2D eigenvalue weighted by atomic mass is 32.2. The Morgan fingerprint density at radius 1 is 0.564 bits per heavy atom. The fourth-order valence-corrected chi connectivity index (χ4v) is 18.9. The van der Waals surface area contributed by atoms with Crippen molar-refractivity contribution < 1.29 is 55.2 Å². The Bertz CT molecular complexity index is 3210. The molecule has 0 saturated heterocycles. The summed E-state index contributed by atoms with van der Waals surface area (Å²) in [6.45, 7) is 37.0. The molecule has 0 bridgehead atoms. The van der Waals surface area contributed by atoms with E-state index in [1.165, 1.54) is 57.1 Å². The first-order valence-electron chi connectivity index (χ1n) is 26.3. The van der Waals surface area contributed by atoms with E-state index in [1.54, 1.807) is 13.8 Å². The largest absolute Gasteiger partial charge is 0.464 e. The first-order valence-corrected chi connectivity index (χ1v) is 36.2. The van der Waals surface area contributed by atoms with Gasteiger partial charge in [0.15, 0.2) is 22.0 Å². The standard InChI is InChI=1S/2C28H40N2O7SSi/c1-10-36-27(31)25(37-28(4,5)6)24-18(2)21-17-29(16-15-20(21)19(3)26(24)39(7,8)9)38(34,35)23-14-12-11-13-22(23)30(32)33;1-10-36-27(31)25(37-28(4,5)6)24-18(2)20-15-16-29(17-21(20)19(3)26(24)39(7,8)9)38(34,35)23-14-12-11-13-22(23)30(32)33/h2*11-14,25H,10,15-17H2,1-9H3/t2*25-/m00/s1. The van der Waals surface area contributed by atoms with Crippen molar-refractivity contribution in [1.29, 1.82) is 0 Å². The predicted molar refractivity (Wildman–Crippen MR) is 307 cm³/mol. The summed E-state index contributed by atoms with van der Waals surface area (Å²) >= 11 is 0.